The van der Waals surface area contributed by atoms with Crippen molar-refractivity contribution < 1.29 is 14.3 Å². The van der Waals surface area contributed by atoms with Gasteiger partial charge in [0.2, 0.25) is 5.91 Å². The molecule has 1 aliphatic heterocycles. The van der Waals surface area contributed by atoms with Gasteiger partial charge in [0.1, 0.15) is 0 Å². The van der Waals surface area contributed by atoms with Gasteiger partial charge < -0.3 is 20.3 Å². The number of morpholine rings is 1. The van der Waals surface area contributed by atoms with Crippen molar-refractivity contribution >= 4 is 23.2 Å². The van der Waals surface area contributed by atoms with Crippen LogP contribution in [0.2, 0.25) is 0 Å². The summed E-state index contributed by atoms with van der Waals surface area (Å²) in [4.78, 5) is 27.5. The van der Waals surface area contributed by atoms with E-state index in [1.54, 1.807) is 0 Å². The van der Waals surface area contributed by atoms with Crippen molar-refractivity contribution in [1.82, 2.24) is 5.32 Å². The number of nitrogens with one attached hydrogen (secondary N) is 2. The highest BCUT2D eigenvalue weighted by Crippen LogP contribution is 2.32. The Hall–Kier alpha value is -2.86. The molecule has 0 unspecified atom stereocenters. The highest BCUT2D eigenvalue weighted by molar-refractivity contribution is 6.02. The molecular formula is C25H31N3O3. The third kappa shape index (κ3) is 5.07. The standard InChI is InChI=1S/C25H31N3O3/c1-16-12-17(2)22(18(3)13-16)15-26-25(30)21-7-6-20(27-24(29)19-4-5-19)14-23(21)28-8-10-31-11-9-28/h6-7,12-14,19H,4-5,8-11,15H2,1-3H3,(H,26,30)(H,27,29). The van der Waals surface area contributed by atoms with Crippen molar-refractivity contribution in [2.75, 3.05) is 36.5 Å². The lowest BCUT2D eigenvalue weighted by atomic mass is 9.99. The summed E-state index contributed by atoms with van der Waals surface area (Å²) >= 11 is 0. The normalized spacial score (nSPS) is 16.2. The number of ether oxygens (including phenoxy) is 1. The largest absolute Gasteiger partial charge is 0.378 e. The second-order valence-corrected chi connectivity index (χ2v) is 8.65. The lowest BCUT2D eigenvalue weighted by Gasteiger charge is -2.30. The van der Waals surface area contributed by atoms with Crippen molar-refractivity contribution in [3.63, 3.8) is 0 Å². The highest BCUT2D eigenvalue weighted by atomic mass is 16.5. The number of anilines is 2. The Morgan fingerprint density at radius 1 is 1.03 bits per heavy atom. The van der Waals surface area contributed by atoms with E-state index in [1.807, 2.05) is 18.2 Å². The van der Waals surface area contributed by atoms with Gasteiger partial charge in [0.05, 0.1) is 24.5 Å². The van der Waals surface area contributed by atoms with Gasteiger partial charge in [0, 0.05) is 31.2 Å². The van der Waals surface area contributed by atoms with Crippen LogP contribution in [0.25, 0.3) is 0 Å². The average Bonchev–Trinajstić information content (AvgIpc) is 3.59. The van der Waals surface area contributed by atoms with Crippen LogP contribution in [-0.2, 0) is 16.1 Å². The fourth-order valence-electron chi connectivity index (χ4n) is 4.21. The zero-order valence-electron chi connectivity index (χ0n) is 18.6. The van der Waals surface area contributed by atoms with Gasteiger partial charge in [-0.05, 0) is 68.5 Å². The summed E-state index contributed by atoms with van der Waals surface area (Å²) in [5.74, 6) is 0.0900. The summed E-state index contributed by atoms with van der Waals surface area (Å²) < 4.78 is 5.49. The zero-order chi connectivity index (χ0) is 22.0. The first-order valence-corrected chi connectivity index (χ1v) is 11.0. The summed E-state index contributed by atoms with van der Waals surface area (Å²) in [5.41, 5.74) is 6.94. The van der Waals surface area contributed by atoms with Gasteiger partial charge in [-0.1, -0.05) is 17.7 Å². The third-order valence-corrected chi connectivity index (χ3v) is 6.08. The molecule has 1 aliphatic carbocycles. The Morgan fingerprint density at radius 3 is 2.35 bits per heavy atom. The number of nitrogens with zero attached hydrogens (tertiary/aromatic N) is 1. The maximum atomic E-state index is 13.2. The lowest BCUT2D eigenvalue weighted by molar-refractivity contribution is -0.117. The molecule has 1 saturated heterocycles. The summed E-state index contributed by atoms with van der Waals surface area (Å²) in [7, 11) is 0. The van der Waals surface area contributed by atoms with Gasteiger partial charge in [-0.2, -0.15) is 0 Å². The summed E-state index contributed by atoms with van der Waals surface area (Å²) in [6.07, 6.45) is 1.92. The van der Waals surface area contributed by atoms with E-state index in [0.29, 0.717) is 25.3 Å². The molecule has 0 radical (unpaired) electrons. The quantitative estimate of drug-likeness (QED) is 0.746. The first-order valence-electron chi connectivity index (χ1n) is 11.0. The molecule has 2 aromatic rings. The first-order chi connectivity index (χ1) is 14.9. The summed E-state index contributed by atoms with van der Waals surface area (Å²) in [6, 6.07) is 9.85. The van der Waals surface area contributed by atoms with Crippen LogP contribution in [0.5, 0.6) is 0 Å². The minimum Gasteiger partial charge on any atom is -0.378 e. The van der Waals surface area contributed by atoms with Crippen molar-refractivity contribution in [3.8, 4) is 0 Å². The van der Waals surface area contributed by atoms with E-state index in [-0.39, 0.29) is 17.7 Å². The van der Waals surface area contributed by atoms with E-state index in [1.165, 1.54) is 16.7 Å². The molecule has 0 spiro atoms. The van der Waals surface area contributed by atoms with Crippen molar-refractivity contribution in [3.05, 3.63) is 58.1 Å². The molecule has 4 rings (SSSR count). The predicted octanol–water partition coefficient (Wildman–Crippen LogP) is 3.73. The molecule has 0 atom stereocenters. The van der Waals surface area contributed by atoms with Crippen LogP contribution in [-0.4, -0.2) is 38.1 Å². The Balaban J connectivity index is 1.55. The number of hydrogen-bond donors (Lipinski definition) is 2. The molecule has 2 N–H and O–H groups in total. The number of amides is 2. The molecule has 6 heteroatoms. The van der Waals surface area contributed by atoms with E-state index in [9.17, 15) is 9.59 Å². The van der Waals surface area contributed by atoms with Gasteiger partial charge in [-0.15, -0.1) is 0 Å². The molecule has 2 amide bonds. The fourth-order valence-corrected chi connectivity index (χ4v) is 4.21. The minimum absolute atomic E-state index is 0.0652. The van der Waals surface area contributed by atoms with Crippen molar-refractivity contribution in [2.24, 2.45) is 5.92 Å². The average molecular weight is 422 g/mol. The van der Waals surface area contributed by atoms with E-state index >= 15 is 0 Å². The van der Waals surface area contributed by atoms with Gasteiger partial charge in [-0.25, -0.2) is 0 Å². The monoisotopic (exact) mass is 421 g/mol. The first kappa shape index (κ1) is 21.4. The van der Waals surface area contributed by atoms with Gasteiger partial charge in [-0.3, -0.25) is 9.59 Å². The Bertz CT molecular complexity index is 968. The molecule has 2 aliphatic rings. The molecule has 0 aromatic heterocycles. The van der Waals surface area contributed by atoms with Crippen molar-refractivity contribution in [1.29, 1.82) is 0 Å². The second kappa shape index (κ2) is 9.10. The Kier molecular flexibility index (Phi) is 6.28. The zero-order valence-corrected chi connectivity index (χ0v) is 18.6. The van der Waals surface area contributed by atoms with E-state index in [0.717, 1.165) is 42.9 Å². The van der Waals surface area contributed by atoms with Gasteiger partial charge in [0.25, 0.3) is 5.91 Å². The van der Waals surface area contributed by atoms with E-state index in [4.69, 9.17) is 4.74 Å². The second-order valence-electron chi connectivity index (χ2n) is 8.65. The molecule has 1 saturated carbocycles. The van der Waals surface area contributed by atoms with E-state index in [2.05, 4.69) is 48.4 Å². The minimum atomic E-state index is -0.110. The summed E-state index contributed by atoms with van der Waals surface area (Å²) in [6.45, 7) is 9.42. The number of rotatable bonds is 6. The Morgan fingerprint density at radius 2 is 1.71 bits per heavy atom. The summed E-state index contributed by atoms with van der Waals surface area (Å²) in [5, 5.41) is 6.10. The van der Waals surface area contributed by atoms with Gasteiger partial charge >= 0.3 is 0 Å². The smallest absolute Gasteiger partial charge is 0.253 e. The number of carbonyl (C=O) groups excluding carboxylic acids is 2. The van der Waals surface area contributed by atoms with Crippen LogP contribution in [0.15, 0.2) is 30.3 Å². The van der Waals surface area contributed by atoms with Crippen LogP contribution >= 0.6 is 0 Å². The highest BCUT2D eigenvalue weighted by Gasteiger charge is 2.30. The molecule has 6 nitrogen and oxygen atoms in total. The van der Waals surface area contributed by atoms with Crippen LogP contribution in [0.4, 0.5) is 11.4 Å². The fraction of sp³-hybridized carbons (Fsp3) is 0.440. The molecule has 164 valence electrons. The SMILES string of the molecule is Cc1cc(C)c(CNC(=O)c2ccc(NC(=O)C3CC3)cc2N2CCOCC2)c(C)c1. The third-order valence-electron chi connectivity index (χ3n) is 6.08. The molecule has 1 heterocycles. The molecule has 2 aromatic carbocycles. The molecule has 0 bridgehead atoms. The number of hydrogen-bond acceptors (Lipinski definition) is 4. The topological polar surface area (TPSA) is 70.7 Å². The van der Waals surface area contributed by atoms with Crippen LogP contribution in [0, 0.1) is 26.7 Å². The maximum absolute atomic E-state index is 13.2. The lowest BCUT2D eigenvalue weighted by Crippen LogP contribution is -2.38. The van der Waals surface area contributed by atoms with Crippen LogP contribution in [0.3, 0.4) is 0 Å². The van der Waals surface area contributed by atoms with E-state index < -0.39 is 0 Å². The van der Waals surface area contributed by atoms with Crippen LogP contribution < -0.4 is 15.5 Å². The molecule has 31 heavy (non-hydrogen) atoms. The molecular weight excluding hydrogens is 390 g/mol. The molecule has 2 fully saturated rings. The Labute approximate surface area is 184 Å². The number of aryl methyl sites for hydroxylation is 3. The number of carbonyl (C=O) groups is 2. The van der Waals surface area contributed by atoms with Gasteiger partial charge in [0.15, 0.2) is 0 Å². The van der Waals surface area contributed by atoms with Crippen molar-refractivity contribution in [2.45, 2.75) is 40.2 Å². The number of benzene rings is 2. The predicted molar refractivity (Wildman–Crippen MR) is 123 cm³/mol. The van der Waals surface area contributed by atoms with Crippen LogP contribution in [0.1, 0.15) is 45.5 Å². The maximum Gasteiger partial charge on any atom is 0.253 e.